The van der Waals surface area contributed by atoms with Crippen LogP contribution in [0.15, 0.2) is 0 Å². The zero-order valence-corrected chi connectivity index (χ0v) is 9.74. The van der Waals surface area contributed by atoms with Crippen LogP contribution in [0.25, 0.3) is 0 Å². The van der Waals surface area contributed by atoms with Crippen LogP contribution in [0, 0.1) is 5.92 Å². The van der Waals surface area contributed by atoms with E-state index in [0.29, 0.717) is 19.0 Å². The van der Waals surface area contributed by atoms with Crippen molar-refractivity contribution in [3.8, 4) is 0 Å². The van der Waals surface area contributed by atoms with Crippen molar-refractivity contribution >= 4 is 5.97 Å². The van der Waals surface area contributed by atoms with Crippen molar-refractivity contribution in [1.82, 2.24) is 4.90 Å². The molecule has 0 radical (unpaired) electrons. The molecule has 1 fully saturated rings. The Morgan fingerprint density at radius 1 is 1.67 bits per heavy atom. The van der Waals surface area contributed by atoms with Gasteiger partial charge in [-0.2, -0.15) is 0 Å². The van der Waals surface area contributed by atoms with E-state index in [1.165, 1.54) is 26.5 Å². The number of methoxy groups -OCH3 is 1. The number of hydrogen-bond donors (Lipinski definition) is 1. The highest BCUT2D eigenvalue weighted by Gasteiger charge is 2.25. The lowest BCUT2D eigenvalue weighted by Gasteiger charge is -2.23. The van der Waals surface area contributed by atoms with Crippen LogP contribution in [0.4, 0.5) is 0 Å². The minimum atomic E-state index is -0.147. The van der Waals surface area contributed by atoms with Crippen LogP contribution in [-0.2, 0) is 9.53 Å². The molecule has 0 saturated carbocycles. The first kappa shape index (κ1) is 12.5. The zero-order valence-electron chi connectivity index (χ0n) is 9.74. The molecule has 1 aliphatic rings. The van der Waals surface area contributed by atoms with Gasteiger partial charge in [0.2, 0.25) is 0 Å². The van der Waals surface area contributed by atoms with Crippen molar-refractivity contribution in [3.05, 3.63) is 0 Å². The van der Waals surface area contributed by atoms with Crippen molar-refractivity contribution in [3.63, 3.8) is 0 Å². The van der Waals surface area contributed by atoms with E-state index in [2.05, 4.69) is 16.7 Å². The maximum Gasteiger partial charge on any atom is 0.305 e. The average molecular weight is 214 g/mol. The van der Waals surface area contributed by atoms with Crippen molar-refractivity contribution in [2.45, 2.75) is 31.7 Å². The molecule has 15 heavy (non-hydrogen) atoms. The molecule has 2 atom stereocenters. The summed E-state index contributed by atoms with van der Waals surface area (Å²) in [5, 5.41) is 0. The van der Waals surface area contributed by atoms with Crippen LogP contribution in [0.1, 0.15) is 25.7 Å². The van der Waals surface area contributed by atoms with E-state index in [1.807, 2.05) is 0 Å². The molecule has 1 aliphatic heterocycles. The van der Waals surface area contributed by atoms with Crippen LogP contribution in [0.2, 0.25) is 0 Å². The third-order valence-corrected chi connectivity index (χ3v) is 3.29. The Kier molecular flexibility index (Phi) is 5.05. The van der Waals surface area contributed by atoms with Crippen molar-refractivity contribution in [1.29, 1.82) is 0 Å². The highest BCUT2D eigenvalue weighted by Crippen LogP contribution is 2.23. The van der Waals surface area contributed by atoms with Gasteiger partial charge in [-0.3, -0.25) is 4.79 Å². The van der Waals surface area contributed by atoms with Crippen LogP contribution in [0.3, 0.4) is 0 Å². The van der Waals surface area contributed by atoms with Gasteiger partial charge in [0.1, 0.15) is 0 Å². The van der Waals surface area contributed by atoms with Gasteiger partial charge in [-0.1, -0.05) is 0 Å². The molecule has 0 aromatic rings. The predicted octanol–water partition coefficient (Wildman–Crippen LogP) is 0.609. The molecule has 4 nitrogen and oxygen atoms in total. The Bertz CT molecular complexity index is 209. The van der Waals surface area contributed by atoms with Gasteiger partial charge in [0.05, 0.1) is 7.11 Å². The number of nitrogens with zero attached hydrogens (tertiary/aromatic N) is 1. The lowest BCUT2D eigenvalue weighted by molar-refractivity contribution is -0.141. The normalized spacial score (nSPS) is 24.1. The molecule has 2 N–H and O–H groups in total. The highest BCUT2D eigenvalue weighted by atomic mass is 16.5. The number of carbonyl (C=O) groups is 1. The Balaban J connectivity index is 2.35. The molecule has 2 unspecified atom stereocenters. The molecule has 0 bridgehead atoms. The number of rotatable bonds is 5. The monoisotopic (exact) mass is 214 g/mol. The van der Waals surface area contributed by atoms with E-state index < -0.39 is 0 Å². The third-order valence-electron chi connectivity index (χ3n) is 3.29. The van der Waals surface area contributed by atoms with Crippen LogP contribution in [-0.4, -0.2) is 44.2 Å². The summed E-state index contributed by atoms with van der Waals surface area (Å²) in [5.74, 6) is 0.120. The predicted molar refractivity (Wildman–Crippen MR) is 59.4 cm³/mol. The highest BCUT2D eigenvalue weighted by molar-refractivity contribution is 5.69. The second-order valence-electron chi connectivity index (χ2n) is 4.39. The summed E-state index contributed by atoms with van der Waals surface area (Å²) in [6, 6.07) is 0.600. The molecule has 0 amide bonds. The quantitative estimate of drug-likeness (QED) is 0.681. The maximum atomic E-state index is 11.1. The molecule has 4 heteroatoms. The molecular weight excluding hydrogens is 192 g/mol. The summed E-state index contributed by atoms with van der Waals surface area (Å²) in [5.41, 5.74) is 5.67. The maximum absolute atomic E-state index is 11.1. The lowest BCUT2D eigenvalue weighted by atomic mass is 9.95. The van der Waals surface area contributed by atoms with Crippen molar-refractivity contribution < 1.29 is 9.53 Å². The first-order valence-electron chi connectivity index (χ1n) is 5.64. The molecular formula is C11H22N2O2. The Hall–Kier alpha value is -0.610. The molecule has 0 aromatic heterocycles. The minimum absolute atomic E-state index is 0.147. The Morgan fingerprint density at radius 2 is 2.40 bits per heavy atom. The lowest BCUT2D eigenvalue weighted by Crippen LogP contribution is -2.30. The number of esters is 1. The van der Waals surface area contributed by atoms with Crippen molar-refractivity contribution in [2.75, 3.05) is 27.2 Å². The van der Waals surface area contributed by atoms with Gasteiger partial charge in [-0.25, -0.2) is 0 Å². The number of carbonyl (C=O) groups excluding carboxylic acids is 1. The molecule has 1 heterocycles. The minimum Gasteiger partial charge on any atom is -0.469 e. The van der Waals surface area contributed by atoms with Gasteiger partial charge < -0.3 is 15.4 Å². The first-order valence-corrected chi connectivity index (χ1v) is 5.64. The zero-order chi connectivity index (χ0) is 11.3. The smallest absolute Gasteiger partial charge is 0.305 e. The summed E-state index contributed by atoms with van der Waals surface area (Å²) >= 11 is 0. The summed E-state index contributed by atoms with van der Waals surface area (Å²) in [6.45, 7) is 1.74. The molecule has 0 aromatic carbocycles. The van der Waals surface area contributed by atoms with Gasteiger partial charge in [-0.15, -0.1) is 0 Å². The summed E-state index contributed by atoms with van der Waals surface area (Å²) in [6.07, 6.45) is 3.96. The van der Waals surface area contributed by atoms with E-state index in [4.69, 9.17) is 5.73 Å². The van der Waals surface area contributed by atoms with E-state index in [1.54, 1.807) is 0 Å². The fourth-order valence-electron chi connectivity index (χ4n) is 2.24. The fourth-order valence-corrected chi connectivity index (χ4v) is 2.24. The fraction of sp³-hybridized carbons (Fsp3) is 0.909. The Morgan fingerprint density at radius 3 is 2.87 bits per heavy atom. The van der Waals surface area contributed by atoms with Crippen LogP contribution in [0.5, 0.6) is 0 Å². The standard InChI is InChI=1S/C11H22N2O2/c1-13-5-3-4-10(13)6-9(8-12)7-11(14)15-2/h9-10H,3-8,12H2,1-2H3. The van der Waals surface area contributed by atoms with Crippen LogP contribution >= 0.6 is 0 Å². The second-order valence-corrected chi connectivity index (χ2v) is 4.39. The summed E-state index contributed by atoms with van der Waals surface area (Å²) < 4.78 is 4.67. The average Bonchev–Trinajstić information content (AvgIpc) is 2.63. The van der Waals surface area contributed by atoms with E-state index in [9.17, 15) is 4.79 Å². The Labute approximate surface area is 91.8 Å². The largest absolute Gasteiger partial charge is 0.469 e. The topological polar surface area (TPSA) is 55.6 Å². The van der Waals surface area contributed by atoms with Gasteiger partial charge in [0.15, 0.2) is 0 Å². The number of nitrogens with two attached hydrogens (primary N) is 1. The van der Waals surface area contributed by atoms with Gasteiger partial charge in [-0.05, 0) is 45.3 Å². The van der Waals surface area contributed by atoms with E-state index >= 15 is 0 Å². The van der Waals surface area contributed by atoms with Gasteiger partial charge >= 0.3 is 5.97 Å². The number of likely N-dealkylation sites (tertiary alicyclic amines) is 1. The molecule has 1 rings (SSSR count). The molecule has 1 saturated heterocycles. The van der Waals surface area contributed by atoms with E-state index in [0.717, 1.165) is 6.42 Å². The van der Waals surface area contributed by atoms with Crippen molar-refractivity contribution in [2.24, 2.45) is 11.7 Å². The SMILES string of the molecule is COC(=O)CC(CN)CC1CCCN1C. The van der Waals surface area contributed by atoms with E-state index in [-0.39, 0.29) is 11.9 Å². The summed E-state index contributed by atoms with van der Waals surface area (Å²) in [7, 11) is 3.57. The summed E-state index contributed by atoms with van der Waals surface area (Å²) in [4.78, 5) is 13.5. The van der Waals surface area contributed by atoms with Crippen LogP contribution < -0.4 is 5.73 Å². The second kappa shape index (κ2) is 6.08. The molecule has 0 spiro atoms. The number of hydrogen-bond acceptors (Lipinski definition) is 4. The molecule has 0 aliphatic carbocycles. The number of ether oxygens (including phenoxy) is 1. The third kappa shape index (κ3) is 3.80. The van der Waals surface area contributed by atoms with Gasteiger partial charge in [0, 0.05) is 12.5 Å². The first-order chi connectivity index (χ1) is 7.17. The van der Waals surface area contributed by atoms with Gasteiger partial charge in [0.25, 0.3) is 0 Å². The molecule has 88 valence electrons.